The van der Waals surface area contributed by atoms with Crippen LogP contribution in [0, 0.1) is 9.49 Å². The molecular weight excluding hydrogens is 305 g/mol. The van der Waals surface area contributed by atoms with E-state index in [2.05, 4.69) is 51.7 Å². The maximum Gasteiger partial charge on any atom is 0.142 e. The molecule has 5 heteroatoms. The Labute approximate surface area is 104 Å². The quantitative estimate of drug-likeness (QED) is 0.814. The fraction of sp³-hybridized carbons (Fsp3) is 0.600. The molecule has 1 heterocycles. The average Bonchev–Trinajstić information content (AvgIpc) is 2.15. The summed E-state index contributed by atoms with van der Waals surface area (Å²) in [6.45, 7) is 4.72. The Bertz CT molecular complexity index is 306. The van der Waals surface area contributed by atoms with Crippen LogP contribution < -0.4 is 5.32 Å². The molecule has 0 bridgehead atoms. The number of rotatable bonds is 5. The number of nitrogens with one attached hydrogen (secondary N) is 1. The fourth-order valence-corrected chi connectivity index (χ4v) is 1.78. The number of nitrogens with zero attached hydrogens (tertiary/aromatic N) is 2. The molecule has 84 valence electrons. The van der Waals surface area contributed by atoms with E-state index >= 15 is 0 Å². The van der Waals surface area contributed by atoms with Gasteiger partial charge in [-0.1, -0.05) is 13.8 Å². The van der Waals surface area contributed by atoms with Gasteiger partial charge in [-0.15, -0.1) is 0 Å². The van der Waals surface area contributed by atoms with Crippen LogP contribution in [0.4, 0.5) is 5.82 Å². The number of hydrogen-bond acceptors (Lipinski definition) is 4. The van der Waals surface area contributed by atoms with Gasteiger partial charge in [0.2, 0.25) is 0 Å². The Morgan fingerprint density at radius 1 is 1.53 bits per heavy atom. The van der Waals surface area contributed by atoms with Gasteiger partial charge >= 0.3 is 0 Å². The second kappa shape index (κ2) is 6.22. The van der Waals surface area contributed by atoms with Crippen LogP contribution in [0.5, 0.6) is 0 Å². The van der Waals surface area contributed by atoms with Crippen molar-refractivity contribution in [3.8, 4) is 0 Å². The van der Waals surface area contributed by atoms with Crippen molar-refractivity contribution in [3.63, 3.8) is 0 Å². The number of halogens is 1. The number of hydrogen-bond donors (Lipinski definition) is 2. The average molecular weight is 321 g/mol. The molecular formula is C10H16IN3O. The molecule has 1 aromatic rings. The molecule has 15 heavy (non-hydrogen) atoms. The van der Waals surface area contributed by atoms with Gasteiger partial charge in [-0.2, -0.15) is 0 Å². The van der Waals surface area contributed by atoms with Crippen molar-refractivity contribution in [3.05, 3.63) is 16.1 Å². The summed E-state index contributed by atoms with van der Waals surface area (Å²) in [4.78, 5) is 7.99. The van der Waals surface area contributed by atoms with E-state index < -0.39 is 0 Å². The van der Waals surface area contributed by atoms with E-state index in [1.165, 1.54) is 6.33 Å². The molecule has 0 aromatic carbocycles. The minimum absolute atomic E-state index is 0.323. The zero-order valence-electron chi connectivity index (χ0n) is 8.94. The van der Waals surface area contributed by atoms with Gasteiger partial charge in [-0.3, -0.25) is 0 Å². The zero-order chi connectivity index (χ0) is 11.3. The molecule has 0 aliphatic carbocycles. The third kappa shape index (κ3) is 4.74. The molecule has 4 nitrogen and oxygen atoms in total. The number of aliphatic hydroxyl groups excluding tert-OH is 1. The van der Waals surface area contributed by atoms with Gasteiger partial charge < -0.3 is 10.4 Å². The van der Waals surface area contributed by atoms with Gasteiger partial charge in [0.25, 0.3) is 0 Å². The van der Waals surface area contributed by atoms with Crippen molar-refractivity contribution >= 4 is 28.4 Å². The van der Waals surface area contributed by atoms with Gasteiger partial charge in [-0.25, -0.2) is 9.97 Å². The first kappa shape index (κ1) is 12.6. The Morgan fingerprint density at radius 2 is 2.27 bits per heavy atom. The Kier molecular flexibility index (Phi) is 5.24. The van der Waals surface area contributed by atoms with Crippen molar-refractivity contribution in [1.82, 2.24) is 9.97 Å². The predicted molar refractivity (Wildman–Crippen MR) is 68.7 cm³/mol. The monoisotopic (exact) mass is 321 g/mol. The van der Waals surface area contributed by atoms with Gasteiger partial charge in [0.1, 0.15) is 12.1 Å². The summed E-state index contributed by atoms with van der Waals surface area (Å²) >= 11 is 2.16. The molecule has 1 atom stereocenters. The lowest BCUT2D eigenvalue weighted by Crippen LogP contribution is -2.22. The smallest absolute Gasteiger partial charge is 0.142 e. The molecule has 1 unspecified atom stereocenters. The highest BCUT2D eigenvalue weighted by Crippen LogP contribution is 2.13. The largest absolute Gasteiger partial charge is 0.391 e. The SMILES string of the molecule is CC(C)CC(O)CNc1ncncc1I. The van der Waals surface area contributed by atoms with E-state index in [9.17, 15) is 5.11 Å². The third-order valence-corrected chi connectivity index (χ3v) is 2.71. The topological polar surface area (TPSA) is 58.0 Å². The van der Waals surface area contributed by atoms with Crippen LogP contribution in [0.15, 0.2) is 12.5 Å². The van der Waals surface area contributed by atoms with Crippen LogP contribution in [-0.2, 0) is 0 Å². The lowest BCUT2D eigenvalue weighted by Gasteiger charge is -2.14. The lowest BCUT2D eigenvalue weighted by atomic mass is 10.1. The summed E-state index contributed by atoms with van der Waals surface area (Å²) in [7, 11) is 0. The first-order valence-electron chi connectivity index (χ1n) is 4.97. The summed E-state index contributed by atoms with van der Waals surface area (Å²) < 4.78 is 0.965. The summed E-state index contributed by atoms with van der Waals surface area (Å²) in [6.07, 6.45) is 3.72. The molecule has 0 radical (unpaired) electrons. The van der Waals surface area contributed by atoms with Crippen LogP contribution in [0.3, 0.4) is 0 Å². The Balaban J connectivity index is 2.40. The lowest BCUT2D eigenvalue weighted by molar-refractivity contribution is 0.161. The number of anilines is 1. The van der Waals surface area contributed by atoms with Gasteiger partial charge in [-0.05, 0) is 34.9 Å². The summed E-state index contributed by atoms with van der Waals surface area (Å²) in [5.41, 5.74) is 0. The first-order valence-corrected chi connectivity index (χ1v) is 6.05. The first-order chi connectivity index (χ1) is 7.09. The van der Waals surface area contributed by atoms with E-state index in [1.54, 1.807) is 6.20 Å². The van der Waals surface area contributed by atoms with E-state index in [-0.39, 0.29) is 6.10 Å². The van der Waals surface area contributed by atoms with Crippen molar-refractivity contribution in [1.29, 1.82) is 0 Å². The molecule has 1 aromatic heterocycles. The highest BCUT2D eigenvalue weighted by Gasteiger charge is 2.07. The van der Waals surface area contributed by atoms with Crippen molar-refractivity contribution in [2.45, 2.75) is 26.4 Å². The minimum atomic E-state index is -0.323. The minimum Gasteiger partial charge on any atom is -0.391 e. The third-order valence-electron chi connectivity index (χ3n) is 1.92. The van der Waals surface area contributed by atoms with E-state index in [0.29, 0.717) is 12.5 Å². The Hall–Kier alpha value is -0.430. The zero-order valence-corrected chi connectivity index (χ0v) is 11.1. The molecule has 0 spiro atoms. The van der Waals surface area contributed by atoms with E-state index in [0.717, 1.165) is 15.8 Å². The molecule has 2 N–H and O–H groups in total. The van der Waals surface area contributed by atoms with Crippen molar-refractivity contribution in [2.75, 3.05) is 11.9 Å². The van der Waals surface area contributed by atoms with Gasteiger partial charge in [0, 0.05) is 12.7 Å². The second-order valence-electron chi connectivity index (χ2n) is 3.88. The van der Waals surface area contributed by atoms with Crippen LogP contribution in [0.1, 0.15) is 20.3 Å². The van der Waals surface area contributed by atoms with Crippen LogP contribution in [0.25, 0.3) is 0 Å². The summed E-state index contributed by atoms with van der Waals surface area (Å²) in [5, 5.41) is 12.8. The van der Waals surface area contributed by atoms with Crippen LogP contribution in [-0.4, -0.2) is 27.7 Å². The molecule has 0 aliphatic heterocycles. The number of aromatic nitrogens is 2. The maximum atomic E-state index is 9.66. The standard InChI is InChI=1S/C10H16IN3O/c1-7(2)3-8(15)4-13-10-9(11)5-12-6-14-10/h5-8,15H,3-4H2,1-2H3,(H,12,13,14). The van der Waals surface area contributed by atoms with Crippen LogP contribution >= 0.6 is 22.6 Å². The predicted octanol–water partition coefficient (Wildman–Crippen LogP) is 1.90. The normalized spacial score (nSPS) is 12.9. The van der Waals surface area contributed by atoms with E-state index in [1.807, 2.05) is 0 Å². The van der Waals surface area contributed by atoms with Gasteiger partial charge in [0.05, 0.1) is 9.67 Å². The molecule has 1 rings (SSSR count). The highest BCUT2D eigenvalue weighted by molar-refractivity contribution is 14.1. The second-order valence-corrected chi connectivity index (χ2v) is 5.05. The highest BCUT2D eigenvalue weighted by atomic mass is 127. The van der Waals surface area contributed by atoms with Crippen molar-refractivity contribution < 1.29 is 5.11 Å². The molecule has 0 fully saturated rings. The Morgan fingerprint density at radius 3 is 2.87 bits per heavy atom. The molecule has 0 saturated heterocycles. The maximum absolute atomic E-state index is 9.66. The van der Waals surface area contributed by atoms with Gasteiger partial charge in [0.15, 0.2) is 0 Å². The molecule has 0 aliphatic rings. The summed E-state index contributed by atoms with van der Waals surface area (Å²) in [5.74, 6) is 1.29. The molecule has 0 amide bonds. The number of aliphatic hydroxyl groups is 1. The fourth-order valence-electron chi connectivity index (χ4n) is 1.28. The van der Waals surface area contributed by atoms with Crippen molar-refractivity contribution in [2.24, 2.45) is 5.92 Å². The molecule has 0 saturated carbocycles. The van der Waals surface area contributed by atoms with E-state index in [4.69, 9.17) is 0 Å². The van der Waals surface area contributed by atoms with Crippen LogP contribution in [0.2, 0.25) is 0 Å². The summed E-state index contributed by atoms with van der Waals surface area (Å²) in [6, 6.07) is 0.